The molecule has 0 radical (unpaired) electrons. The lowest BCUT2D eigenvalue weighted by atomic mass is 9.56. The molecule has 1 N–H and O–H groups in total. The summed E-state index contributed by atoms with van der Waals surface area (Å²) in [5.41, 5.74) is 0.796. The average molecular weight is 507 g/mol. The summed E-state index contributed by atoms with van der Waals surface area (Å²) >= 11 is 0. The second kappa shape index (κ2) is 8.06. The zero-order valence-corrected chi connectivity index (χ0v) is 20.6. The van der Waals surface area contributed by atoms with E-state index < -0.39 is 27.0 Å². The number of aryl methyl sites for hydroxylation is 1. The van der Waals surface area contributed by atoms with E-state index in [4.69, 9.17) is 0 Å². The van der Waals surface area contributed by atoms with Gasteiger partial charge in [0.05, 0.1) is 22.3 Å². The Bertz CT molecular complexity index is 1380. The third kappa shape index (κ3) is 3.87. The van der Waals surface area contributed by atoms with E-state index in [1.807, 2.05) is 6.92 Å². The molecule has 2 aliphatic rings. The Kier molecular flexibility index (Phi) is 5.60. The quantitative estimate of drug-likeness (QED) is 0.509. The van der Waals surface area contributed by atoms with E-state index in [0.717, 1.165) is 46.8 Å². The predicted octanol–water partition coefficient (Wildman–Crippen LogP) is 5.51. The Hall–Kier alpha value is -2.39. The summed E-state index contributed by atoms with van der Waals surface area (Å²) in [7, 11) is -3.30. The maximum absolute atomic E-state index is 13.7. The fourth-order valence-corrected chi connectivity index (χ4v) is 6.98. The Morgan fingerprint density at radius 3 is 2.51 bits per heavy atom. The first-order valence-electron chi connectivity index (χ1n) is 12.0. The van der Waals surface area contributed by atoms with Gasteiger partial charge in [0.2, 0.25) is 0 Å². The monoisotopic (exact) mass is 506 g/mol. The second-order valence-electron chi connectivity index (χ2n) is 10.2. The van der Waals surface area contributed by atoms with Crippen LogP contribution in [0.25, 0.3) is 16.6 Å². The van der Waals surface area contributed by atoms with Gasteiger partial charge in [-0.05, 0) is 104 Å². The van der Waals surface area contributed by atoms with E-state index in [0.29, 0.717) is 19.3 Å². The lowest BCUT2D eigenvalue weighted by molar-refractivity contribution is -0.279. The third-order valence-corrected chi connectivity index (χ3v) is 9.47. The number of hydrogen-bond acceptors (Lipinski definition) is 4. The van der Waals surface area contributed by atoms with Gasteiger partial charge < -0.3 is 5.11 Å². The minimum atomic E-state index is -4.63. The number of alkyl halides is 3. The van der Waals surface area contributed by atoms with Gasteiger partial charge in [-0.2, -0.15) is 18.3 Å². The fourth-order valence-electron chi connectivity index (χ4n) is 6.35. The molecule has 35 heavy (non-hydrogen) atoms. The Morgan fingerprint density at radius 2 is 1.89 bits per heavy atom. The molecule has 188 valence electrons. The van der Waals surface area contributed by atoms with Crippen molar-refractivity contribution in [1.29, 1.82) is 0 Å². The Balaban J connectivity index is 1.58. The van der Waals surface area contributed by atoms with Crippen LogP contribution in [0, 0.1) is 5.92 Å². The largest absolute Gasteiger partial charge is 0.417 e. The van der Waals surface area contributed by atoms with Crippen LogP contribution in [0.5, 0.6) is 0 Å². The molecule has 2 aromatic carbocycles. The number of fused-ring (bicyclic) bond motifs is 4. The van der Waals surface area contributed by atoms with Crippen LogP contribution in [0.15, 0.2) is 47.5 Å². The zero-order chi connectivity index (χ0) is 25.2. The van der Waals surface area contributed by atoms with Crippen LogP contribution in [0.4, 0.5) is 13.2 Å². The van der Waals surface area contributed by atoms with Crippen molar-refractivity contribution >= 4 is 20.7 Å². The number of nitrogens with zero attached hydrogens (tertiary/aromatic N) is 2. The van der Waals surface area contributed by atoms with Crippen molar-refractivity contribution < 1.29 is 26.7 Å². The van der Waals surface area contributed by atoms with Gasteiger partial charge in [0, 0.05) is 11.6 Å². The SMILES string of the molecule is CC[C@]12CC[C@@](O)(C(F)(F)F)C[C@H]1CCCc1cc3c(cnn3-c3ccc(S(C)(=O)=O)cc3)cc12. The molecule has 0 bridgehead atoms. The van der Waals surface area contributed by atoms with Gasteiger partial charge in [-0.15, -0.1) is 0 Å². The van der Waals surface area contributed by atoms with Gasteiger partial charge in [0.15, 0.2) is 15.4 Å². The van der Waals surface area contributed by atoms with Crippen molar-refractivity contribution in [3.8, 4) is 5.69 Å². The first-order valence-corrected chi connectivity index (χ1v) is 13.9. The zero-order valence-electron chi connectivity index (χ0n) is 19.8. The normalized spacial score (nSPS) is 27.3. The van der Waals surface area contributed by atoms with Gasteiger partial charge in [-0.25, -0.2) is 13.1 Å². The van der Waals surface area contributed by atoms with Gasteiger partial charge in [-0.3, -0.25) is 0 Å². The molecule has 1 fully saturated rings. The molecule has 0 unspecified atom stereocenters. The van der Waals surface area contributed by atoms with Gasteiger partial charge in [-0.1, -0.05) is 6.92 Å². The number of sulfone groups is 1. The molecule has 1 heterocycles. The number of aliphatic hydroxyl groups is 1. The van der Waals surface area contributed by atoms with E-state index in [-0.39, 0.29) is 23.7 Å². The molecular formula is C26H29F3N2O3S. The number of benzene rings is 2. The molecule has 1 saturated carbocycles. The molecule has 0 amide bonds. The standard InChI is InChI=1S/C26H29F3N2O3S/c1-3-24-11-12-25(32,26(27,28)29)15-19(24)6-4-5-17-14-23-18(13-22(17)24)16-30-31(23)20-7-9-21(10-8-20)35(2,33)34/h7-10,13-14,16,19,32H,3-6,11-12,15H2,1-2H3/t19-,24+,25+/m1/s1. The number of aromatic nitrogens is 2. The summed E-state index contributed by atoms with van der Waals surface area (Å²) in [6.45, 7) is 2.04. The molecule has 3 atom stereocenters. The van der Waals surface area contributed by atoms with Crippen LogP contribution in [0.2, 0.25) is 0 Å². The highest BCUT2D eigenvalue weighted by Crippen LogP contribution is 2.57. The van der Waals surface area contributed by atoms with Crippen molar-refractivity contribution in [2.24, 2.45) is 5.92 Å². The summed E-state index contributed by atoms with van der Waals surface area (Å²) in [5.74, 6) is -0.245. The summed E-state index contributed by atoms with van der Waals surface area (Å²) < 4.78 is 66.4. The number of rotatable bonds is 3. The molecule has 5 nitrogen and oxygen atoms in total. The second-order valence-corrected chi connectivity index (χ2v) is 12.2. The molecule has 0 aliphatic heterocycles. The molecule has 0 spiro atoms. The van der Waals surface area contributed by atoms with Crippen molar-refractivity contribution in [2.45, 2.75) is 74.0 Å². The van der Waals surface area contributed by atoms with Crippen molar-refractivity contribution in [2.75, 3.05) is 6.26 Å². The van der Waals surface area contributed by atoms with Crippen LogP contribution in [-0.4, -0.2) is 41.3 Å². The molecule has 9 heteroatoms. The van der Waals surface area contributed by atoms with Crippen LogP contribution in [-0.2, 0) is 21.7 Å². The smallest absolute Gasteiger partial charge is 0.380 e. The molecule has 2 aliphatic carbocycles. The first kappa shape index (κ1) is 24.3. The highest BCUT2D eigenvalue weighted by molar-refractivity contribution is 7.90. The predicted molar refractivity (Wildman–Crippen MR) is 127 cm³/mol. The lowest BCUT2D eigenvalue weighted by Gasteiger charge is -2.50. The molecular weight excluding hydrogens is 477 g/mol. The fraction of sp³-hybridized carbons (Fsp3) is 0.500. The van der Waals surface area contributed by atoms with Gasteiger partial charge >= 0.3 is 6.18 Å². The highest BCUT2D eigenvalue weighted by atomic mass is 32.2. The average Bonchev–Trinajstić information content (AvgIpc) is 3.14. The molecule has 0 saturated heterocycles. The summed E-state index contributed by atoms with van der Waals surface area (Å²) in [6.07, 6.45) is 0.918. The Morgan fingerprint density at radius 1 is 1.17 bits per heavy atom. The third-order valence-electron chi connectivity index (χ3n) is 8.35. The van der Waals surface area contributed by atoms with E-state index in [1.165, 1.54) is 0 Å². The van der Waals surface area contributed by atoms with E-state index in [2.05, 4.69) is 17.2 Å². The maximum atomic E-state index is 13.7. The summed E-state index contributed by atoms with van der Waals surface area (Å²) in [6, 6.07) is 10.7. The van der Waals surface area contributed by atoms with Gasteiger partial charge in [0.1, 0.15) is 0 Å². The molecule has 5 rings (SSSR count). The minimum Gasteiger partial charge on any atom is -0.380 e. The minimum absolute atomic E-state index is 0.235. The van der Waals surface area contributed by atoms with Crippen LogP contribution in [0.3, 0.4) is 0 Å². The van der Waals surface area contributed by atoms with E-state index in [1.54, 1.807) is 35.1 Å². The number of hydrogen-bond donors (Lipinski definition) is 1. The van der Waals surface area contributed by atoms with E-state index >= 15 is 0 Å². The first-order chi connectivity index (χ1) is 16.4. The van der Waals surface area contributed by atoms with Crippen LogP contribution < -0.4 is 0 Å². The lowest BCUT2D eigenvalue weighted by Crippen LogP contribution is -2.54. The van der Waals surface area contributed by atoms with Crippen molar-refractivity contribution in [1.82, 2.24) is 9.78 Å². The topological polar surface area (TPSA) is 72.2 Å². The van der Waals surface area contributed by atoms with Crippen LogP contribution in [0.1, 0.15) is 56.6 Å². The molecule has 3 aromatic rings. The maximum Gasteiger partial charge on any atom is 0.417 e. The summed E-state index contributed by atoms with van der Waals surface area (Å²) in [4.78, 5) is 0.235. The Labute approximate surface area is 202 Å². The summed E-state index contributed by atoms with van der Waals surface area (Å²) in [5, 5.41) is 15.9. The van der Waals surface area contributed by atoms with E-state index in [9.17, 15) is 26.7 Å². The van der Waals surface area contributed by atoms with Gasteiger partial charge in [0.25, 0.3) is 0 Å². The number of halogens is 3. The van der Waals surface area contributed by atoms with Crippen molar-refractivity contribution in [3.63, 3.8) is 0 Å². The van der Waals surface area contributed by atoms with Crippen molar-refractivity contribution in [3.05, 3.63) is 53.7 Å². The molecule has 1 aromatic heterocycles. The highest BCUT2D eigenvalue weighted by Gasteiger charge is 2.60. The van der Waals surface area contributed by atoms with Crippen LogP contribution >= 0.6 is 0 Å².